The van der Waals surface area contributed by atoms with Gasteiger partial charge in [0, 0.05) is 12.3 Å². The van der Waals surface area contributed by atoms with Gasteiger partial charge >= 0.3 is 0 Å². The number of fused-ring (bicyclic) bond motifs is 3. The molecule has 8 aromatic rings. The van der Waals surface area contributed by atoms with Crippen molar-refractivity contribution in [3.63, 3.8) is 0 Å². The van der Waals surface area contributed by atoms with Crippen LogP contribution in [0.15, 0.2) is 181 Å². The normalized spacial score (nSPS) is 16.1. The van der Waals surface area contributed by atoms with Crippen molar-refractivity contribution < 1.29 is 0 Å². The van der Waals surface area contributed by atoms with Gasteiger partial charge in [-0.05, 0) is 77.3 Å². The first-order valence-corrected chi connectivity index (χ1v) is 16.5. The van der Waals surface area contributed by atoms with Gasteiger partial charge in [-0.3, -0.25) is 0 Å². The molecular weight excluding hydrogens is 583 g/mol. The maximum atomic E-state index is 5.11. The van der Waals surface area contributed by atoms with Crippen molar-refractivity contribution in [3.05, 3.63) is 198 Å². The van der Waals surface area contributed by atoms with Gasteiger partial charge in [0.2, 0.25) is 0 Å². The molecule has 0 bridgehead atoms. The van der Waals surface area contributed by atoms with E-state index in [0.29, 0.717) is 0 Å². The molecule has 48 heavy (non-hydrogen) atoms. The van der Waals surface area contributed by atoms with Gasteiger partial charge in [-0.25, -0.2) is 0 Å². The Morgan fingerprint density at radius 3 is 1.52 bits per heavy atom. The van der Waals surface area contributed by atoms with Gasteiger partial charge in [0.25, 0.3) is 0 Å². The minimum atomic E-state index is -0.195. The Bertz CT molecular complexity index is 2390. The molecule has 0 saturated carbocycles. The second-order valence-corrected chi connectivity index (χ2v) is 12.4. The first-order chi connectivity index (χ1) is 23.8. The molecule has 2 unspecified atom stereocenters. The molecule has 1 aliphatic rings. The van der Waals surface area contributed by atoms with Gasteiger partial charge in [0.15, 0.2) is 0 Å². The van der Waals surface area contributed by atoms with Crippen LogP contribution >= 0.6 is 0 Å². The van der Waals surface area contributed by atoms with Crippen LogP contribution in [0, 0.1) is 0 Å². The molecule has 0 radical (unpaired) electrons. The van der Waals surface area contributed by atoms with E-state index in [1.807, 2.05) is 12.1 Å². The molecule has 0 fully saturated rings. The summed E-state index contributed by atoms with van der Waals surface area (Å²) in [6, 6.07) is 62.7. The summed E-state index contributed by atoms with van der Waals surface area (Å²) in [7, 11) is 0. The van der Waals surface area contributed by atoms with Crippen LogP contribution in [0.4, 0.5) is 0 Å². The molecule has 228 valence electrons. The Kier molecular flexibility index (Phi) is 7.03. The number of aliphatic imine (C=N–C) groups is 1. The van der Waals surface area contributed by atoms with Crippen molar-refractivity contribution in [2.45, 2.75) is 12.3 Å². The number of nitrogens with zero attached hydrogens (tertiary/aromatic N) is 2. The van der Waals surface area contributed by atoms with E-state index in [9.17, 15) is 0 Å². The third-order valence-corrected chi connectivity index (χ3v) is 9.45. The Labute approximate surface area is 280 Å². The molecule has 9 rings (SSSR count). The zero-order valence-electron chi connectivity index (χ0n) is 26.3. The lowest BCUT2D eigenvalue weighted by Crippen LogP contribution is -2.31. The molecule has 2 atom stereocenters. The Balaban J connectivity index is 1.16. The van der Waals surface area contributed by atoms with Gasteiger partial charge in [0.1, 0.15) is 0 Å². The fourth-order valence-corrected chi connectivity index (χ4v) is 7.14. The second-order valence-electron chi connectivity index (χ2n) is 12.4. The third-order valence-electron chi connectivity index (χ3n) is 9.45. The highest BCUT2D eigenvalue weighted by Gasteiger charge is 2.19. The molecule has 0 aliphatic carbocycles. The third kappa shape index (κ3) is 5.02. The van der Waals surface area contributed by atoms with Crippen LogP contribution in [0.3, 0.4) is 0 Å². The van der Waals surface area contributed by atoms with E-state index in [-0.39, 0.29) is 12.3 Å². The first-order valence-electron chi connectivity index (χ1n) is 16.5. The molecule has 0 amide bonds. The molecule has 0 aromatic heterocycles. The highest BCUT2D eigenvalue weighted by molar-refractivity contribution is 6.22. The standard InChI is InChI=1S/C45H32N3/c1-3-14-32(15-4-1)43-46-44(33-16-5-2-6-17-33)48-45(47-43)34-26-24-31(25-27-34)41-37-19-9-11-21-39(37)42(40-22-12-10-20-38(40)41)36-28-23-30-13-7-8-18-35(30)29-36/h1-29,43-44,46H/q-1. The Hall–Kier alpha value is -6.03. The lowest BCUT2D eigenvalue weighted by atomic mass is 9.85. The lowest BCUT2D eigenvalue weighted by molar-refractivity contribution is 0.488. The van der Waals surface area contributed by atoms with E-state index in [1.54, 1.807) is 0 Å². The highest BCUT2D eigenvalue weighted by atomic mass is 15.3. The number of amidine groups is 1. The summed E-state index contributed by atoms with van der Waals surface area (Å²) in [5, 5.41) is 16.2. The van der Waals surface area contributed by atoms with Crippen LogP contribution in [0.2, 0.25) is 0 Å². The van der Waals surface area contributed by atoms with Crippen molar-refractivity contribution in [2.24, 2.45) is 4.99 Å². The summed E-state index contributed by atoms with van der Waals surface area (Å²) in [6.07, 6.45) is -0.391. The number of benzene rings is 8. The van der Waals surface area contributed by atoms with Gasteiger partial charge < -0.3 is 15.6 Å². The van der Waals surface area contributed by atoms with E-state index in [4.69, 9.17) is 10.3 Å². The first kappa shape index (κ1) is 28.2. The van der Waals surface area contributed by atoms with E-state index in [1.165, 1.54) is 54.6 Å². The number of hydrogen-bond acceptors (Lipinski definition) is 2. The summed E-state index contributed by atoms with van der Waals surface area (Å²) >= 11 is 0. The number of nitrogens with one attached hydrogen (secondary N) is 1. The lowest BCUT2D eigenvalue weighted by Gasteiger charge is -2.40. The van der Waals surface area contributed by atoms with Gasteiger partial charge in [0.05, 0.1) is 0 Å². The largest absolute Gasteiger partial charge is 0.445 e. The molecule has 0 spiro atoms. The highest BCUT2D eigenvalue weighted by Crippen LogP contribution is 2.44. The summed E-state index contributed by atoms with van der Waals surface area (Å²) in [5.41, 5.74) is 8.15. The zero-order chi connectivity index (χ0) is 31.9. The van der Waals surface area contributed by atoms with Gasteiger partial charge in [-0.1, -0.05) is 176 Å². The molecule has 1 heterocycles. The summed E-state index contributed by atoms with van der Waals surface area (Å²) in [5.74, 6) is 0.754. The van der Waals surface area contributed by atoms with Crippen molar-refractivity contribution in [2.75, 3.05) is 0 Å². The molecule has 3 heteroatoms. The summed E-state index contributed by atoms with van der Waals surface area (Å²) in [4.78, 5) is 5.11. The maximum Gasteiger partial charge on any atom is 0.0378 e. The average molecular weight is 615 g/mol. The van der Waals surface area contributed by atoms with Crippen molar-refractivity contribution in [3.8, 4) is 22.3 Å². The smallest absolute Gasteiger partial charge is 0.0378 e. The summed E-state index contributed by atoms with van der Waals surface area (Å²) in [6.45, 7) is 0. The zero-order valence-corrected chi connectivity index (χ0v) is 26.3. The van der Waals surface area contributed by atoms with Crippen LogP contribution in [-0.4, -0.2) is 5.84 Å². The van der Waals surface area contributed by atoms with Crippen molar-refractivity contribution in [1.82, 2.24) is 5.32 Å². The van der Waals surface area contributed by atoms with Crippen molar-refractivity contribution in [1.29, 1.82) is 0 Å². The van der Waals surface area contributed by atoms with Crippen LogP contribution in [-0.2, 0) is 0 Å². The fourth-order valence-electron chi connectivity index (χ4n) is 7.14. The average Bonchev–Trinajstić information content (AvgIpc) is 3.17. The SMILES string of the molecule is c1ccc(C2N=C(c3ccc(-c4c5ccccc5c(-c5ccc6ccccc6c5)c5ccccc45)cc3)[N-]C(c3ccccc3)N2)cc1. The van der Waals surface area contributed by atoms with E-state index in [2.05, 4.69) is 169 Å². The van der Waals surface area contributed by atoms with Gasteiger partial charge in [-0.15, -0.1) is 0 Å². The van der Waals surface area contributed by atoms with Crippen LogP contribution in [0.1, 0.15) is 29.0 Å². The minimum absolute atomic E-state index is 0.195. The van der Waals surface area contributed by atoms with E-state index >= 15 is 0 Å². The van der Waals surface area contributed by atoms with Crippen molar-refractivity contribution >= 4 is 38.2 Å². The summed E-state index contributed by atoms with van der Waals surface area (Å²) < 4.78 is 0. The molecule has 1 N–H and O–H groups in total. The Morgan fingerprint density at radius 2 is 0.896 bits per heavy atom. The van der Waals surface area contributed by atoms with E-state index < -0.39 is 0 Å². The quantitative estimate of drug-likeness (QED) is 0.192. The van der Waals surface area contributed by atoms with Crippen LogP contribution < -0.4 is 5.32 Å². The minimum Gasteiger partial charge on any atom is -0.445 e. The molecule has 0 saturated heterocycles. The number of rotatable bonds is 5. The predicted molar refractivity (Wildman–Crippen MR) is 201 cm³/mol. The number of hydrogen-bond donors (Lipinski definition) is 1. The molecule has 3 nitrogen and oxygen atoms in total. The molecule has 8 aromatic carbocycles. The topological polar surface area (TPSA) is 38.5 Å². The van der Waals surface area contributed by atoms with Gasteiger partial charge in [-0.2, -0.15) is 0 Å². The predicted octanol–water partition coefficient (Wildman–Crippen LogP) is 11.6. The van der Waals surface area contributed by atoms with Crippen LogP contribution in [0.25, 0.3) is 59.9 Å². The monoisotopic (exact) mass is 614 g/mol. The maximum absolute atomic E-state index is 5.11. The van der Waals surface area contributed by atoms with Crippen LogP contribution in [0.5, 0.6) is 0 Å². The molecule has 1 aliphatic heterocycles. The fraction of sp³-hybridized carbons (Fsp3) is 0.0444. The van der Waals surface area contributed by atoms with E-state index in [0.717, 1.165) is 22.5 Å². The Morgan fingerprint density at radius 1 is 0.417 bits per heavy atom. The second kappa shape index (κ2) is 12.0. The molecular formula is C45H32N3-.